The predicted molar refractivity (Wildman–Crippen MR) is 128 cm³/mol. The Morgan fingerprint density at radius 2 is 1.85 bits per heavy atom. The number of carbonyl (C=O) groups excluding carboxylic acids is 1. The number of carbonyl (C=O) groups is 1. The number of urea groups is 1. The second-order valence-electron chi connectivity index (χ2n) is 8.62. The molecular weight excluding hydrogens is 439 g/mol. The first kappa shape index (κ1) is 23.8. The molecule has 0 bridgehead atoms. The molecule has 0 saturated carbocycles. The normalized spacial score (nSPS) is 18.6. The van der Waals surface area contributed by atoms with Gasteiger partial charge in [0.15, 0.2) is 17.3 Å². The summed E-state index contributed by atoms with van der Waals surface area (Å²) in [6.45, 7) is 3.40. The lowest BCUT2D eigenvalue weighted by Crippen LogP contribution is -2.41. The summed E-state index contributed by atoms with van der Waals surface area (Å²) >= 11 is 0. The van der Waals surface area contributed by atoms with Crippen molar-refractivity contribution in [2.75, 3.05) is 39.3 Å². The summed E-state index contributed by atoms with van der Waals surface area (Å²) in [5, 5.41) is 18.5. The molecule has 0 aliphatic carbocycles. The fourth-order valence-corrected chi connectivity index (χ4v) is 4.57. The van der Waals surface area contributed by atoms with Crippen LogP contribution >= 0.6 is 0 Å². The van der Waals surface area contributed by atoms with Crippen LogP contribution in [0.15, 0.2) is 35.4 Å². The number of nitrogens with zero attached hydrogens (tertiary/aromatic N) is 3. The lowest BCUT2D eigenvalue weighted by Gasteiger charge is -2.31. The number of aliphatic hydroxyl groups excluding tert-OH is 1. The van der Waals surface area contributed by atoms with Gasteiger partial charge in [0.05, 0.1) is 32.1 Å². The number of rotatable bonds is 4. The lowest BCUT2D eigenvalue weighted by molar-refractivity contribution is 0.145. The third kappa shape index (κ3) is 4.40. The number of ether oxygens (including phenoxy) is 2. The van der Waals surface area contributed by atoms with E-state index in [-0.39, 0.29) is 36.1 Å². The molecule has 9 heteroatoms. The van der Waals surface area contributed by atoms with Crippen LogP contribution in [0.3, 0.4) is 0 Å². The Morgan fingerprint density at radius 3 is 2.44 bits per heavy atom. The summed E-state index contributed by atoms with van der Waals surface area (Å²) in [7, 11) is 4.40. The summed E-state index contributed by atoms with van der Waals surface area (Å²) in [4.78, 5) is 14.8. The highest BCUT2D eigenvalue weighted by molar-refractivity contribution is 6.14. The van der Waals surface area contributed by atoms with E-state index in [9.17, 15) is 9.90 Å². The number of halogens is 1. The summed E-state index contributed by atoms with van der Waals surface area (Å²) in [5.41, 5.74) is 3.24. The average Bonchev–Trinajstić information content (AvgIpc) is 3.00. The first-order valence-electron chi connectivity index (χ1n) is 11.4. The van der Waals surface area contributed by atoms with Gasteiger partial charge in [-0.05, 0) is 44.4 Å². The van der Waals surface area contributed by atoms with Crippen LogP contribution in [0.4, 0.5) is 14.9 Å². The van der Waals surface area contributed by atoms with E-state index in [1.165, 1.54) is 19.2 Å². The van der Waals surface area contributed by atoms with Gasteiger partial charge in [-0.1, -0.05) is 12.1 Å². The number of anilines is 1. The Labute approximate surface area is 199 Å². The monoisotopic (exact) mass is 470 g/mol. The van der Waals surface area contributed by atoms with Crippen LogP contribution < -0.4 is 19.7 Å². The summed E-state index contributed by atoms with van der Waals surface area (Å²) in [6, 6.07) is 8.79. The Bertz CT molecular complexity index is 1080. The van der Waals surface area contributed by atoms with Crippen LogP contribution in [0.2, 0.25) is 0 Å². The molecule has 0 aromatic heterocycles. The largest absolute Gasteiger partial charge is 0.493 e. The second kappa shape index (κ2) is 9.89. The van der Waals surface area contributed by atoms with Crippen molar-refractivity contribution in [2.24, 2.45) is 5.10 Å². The average molecular weight is 471 g/mol. The molecule has 0 radical (unpaired) electrons. The van der Waals surface area contributed by atoms with Crippen molar-refractivity contribution in [3.05, 3.63) is 52.8 Å². The lowest BCUT2D eigenvalue weighted by atomic mass is 9.93. The number of aliphatic hydroxyl groups is 1. The molecule has 2 heterocycles. The molecule has 1 unspecified atom stereocenters. The maximum atomic E-state index is 15.6. The zero-order valence-electron chi connectivity index (χ0n) is 20.0. The smallest absolute Gasteiger partial charge is 0.337 e. The Kier molecular flexibility index (Phi) is 6.92. The van der Waals surface area contributed by atoms with Crippen LogP contribution in [-0.2, 0) is 6.42 Å². The molecule has 1 atom stereocenters. The number of amides is 2. The first-order chi connectivity index (χ1) is 16.4. The van der Waals surface area contributed by atoms with Crippen LogP contribution in [-0.4, -0.2) is 68.4 Å². The summed E-state index contributed by atoms with van der Waals surface area (Å²) in [5.74, 6) is -0.224. The highest BCUT2D eigenvalue weighted by Crippen LogP contribution is 2.38. The van der Waals surface area contributed by atoms with Crippen molar-refractivity contribution >= 4 is 17.4 Å². The van der Waals surface area contributed by atoms with Crippen molar-refractivity contribution < 1.29 is 23.8 Å². The van der Waals surface area contributed by atoms with Gasteiger partial charge in [0.2, 0.25) is 0 Å². The molecule has 2 N–H and O–H groups in total. The molecule has 2 amide bonds. The Balaban J connectivity index is 1.81. The minimum absolute atomic E-state index is 0.0313. The van der Waals surface area contributed by atoms with E-state index in [2.05, 4.69) is 10.2 Å². The number of hydrazone groups is 1. The maximum Gasteiger partial charge on any atom is 0.337 e. The minimum atomic E-state index is -0.515. The number of benzene rings is 2. The molecule has 2 aromatic rings. The maximum absolute atomic E-state index is 15.6. The summed E-state index contributed by atoms with van der Waals surface area (Å²) < 4.78 is 26.3. The topological polar surface area (TPSA) is 86.6 Å². The molecule has 2 aliphatic rings. The predicted octanol–water partition coefficient (Wildman–Crippen LogP) is 3.14. The first-order valence-corrected chi connectivity index (χ1v) is 11.4. The van der Waals surface area contributed by atoms with Crippen molar-refractivity contribution in [1.82, 2.24) is 10.3 Å². The highest BCUT2D eigenvalue weighted by atomic mass is 19.1. The van der Waals surface area contributed by atoms with Gasteiger partial charge in [-0.3, -0.25) is 0 Å². The van der Waals surface area contributed by atoms with Gasteiger partial charge >= 0.3 is 6.03 Å². The van der Waals surface area contributed by atoms with Gasteiger partial charge in [-0.15, -0.1) is 0 Å². The van der Waals surface area contributed by atoms with Crippen LogP contribution in [0, 0.1) is 5.82 Å². The third-order valence-corrected chi connectivity index (χ3v) is 6.48. The van der Waals surface area contributed by atoms with Gasteiger partial charge < -0.3 is 24.8 Å². The van der Waals surface area contributed by atoms with Gasteiger partial charge in [0, 0.05) is 42.5 Å². The van der Waals surface area contributed by atoms with Crippen molar-refractivity contribution in [3.8, 4) is 11.5 Å². The Morgan fingerprint density at radius 1 is 1.18 bits per heavy atom. The van der Waals surface area contributed by atoms with E-state index >= 15 is 4.39 Å². The fraction of sp³-hybridized carbons (Fsp3) is 0.440. The molecule has 1 fully saturated rings. The third-order valence-electron chi connectivity index (χ3n) is 6.48. The van der Waals surface area contributed by atoms with E-state index in [1.807, 2.05) is 31.2 Å². The minimum Gasteiger partial charge on any atom is -0.493 e. The van der Waals surface area contributed by atoms with Gasteiger partial charge in [-0.25, -0.2) is 14.2 Å². The van der Waals surface area contributed by atoms with E-state index in [1.54, 1.807) is 13.1 Å². The molecular formula is C25H31FN4O4. The molecule has 0 spiro atoms. The molecule has 4 rings (SSSR count). The molecule has 182 valence electrons. The molecule has 8 nitrogen and oxygen atoms in total. The van der Waals surface area contributed by atoms with Crippen LogP contribution in [0.1, 0.15) is 36.5 Å². The number of hydrogen-bond donors (Lipinski definition) is 2. The Hall–Kier alpha value is -3.33. The van der Waals surface area contributed by atoms with Gasteiger partial charge in [-0.2, -0.15) is 5.10 Å². The van der Waals surface area contributed by atoms with Gasteiger partial charge in [0.1, 0.15) is 0 Å². The van der Waals surface area contributed by atoms with Crippen LogP contribution in [0.5, 0.6) is 11.5 Å². The highest BCUT2D eigenvalue weighted by Gasteiger charge is 2.31. The number of piperidine rings is 1. The SMILES string of the molecule is CNC(=O)N1N=C(c2ccc(N3CCC(O)CC3)cc2)c2cc(OC)c(OC)c(F)c2CC1C. The van der Waals surface area contributed by atoms with E-state index in [0.717, 1.165) is 37.2 Å². The van der Waals surface area contributed by atoms with E-state index in [0.29, 0.717) is 16.8 Å². The molecule has 2 aromatic carbocycles. The number of methoxy groups -OCH3 is 2. The number of fused-ring (bicyclic) bond motifs is 1. The zero-order valence-corrected chi connectivity index (χ0v) is 20.0. The van der Waals surface area contributed by atoms with Crippen molar-refractivity contribution in [2.45, 2.75) is 38.3 Å². The molecule has 1 saturated heterocycles. The molecule has 34 heavy (non-hydrogen) atoms. The fourth-order valence-electron chi connectivity index (χ4n) is 4.57. The van der Waals surface area contributed by atoms with Crippen molar-refractivity contribution in [1.29, 1.82) is 0 Å². The number of nitrogens with one attached hydrogen (secondary N) is 1. The quantitative estimate of drug-likeness (QED) is 0.717. The summed E-state index contributed by atoms with van der Waals surface area (Å²) in [6.07, 6.45) is 1.49. The van der Waals surface area contributed by atoms with Crippen LogP contribution in [0.25, 0.3) is 0 Å². The van der Waals surface area contributed by atoms with Gasteiger partial charge in [0.25, 0.3) is 0 Å². The zero-order chi connectivity index (χ0) is 24.4. The van der Waals surface area contributed by atoms with Crippen molar-refractivity contribution in [3.63, 3.8) is 0 Å². The molecule has 2 aliphatic heterocycles. The number of hydrogen-bond acceptors (Lipinski definition) is 6. The van der Waals surface area contributed by atoms with E-state index in [4.69, 9.17) is 14.6 Å². The standard InChI is InChI=1S/C25H31FN4O4/c1-15-13-19-20(14-21(33-3)24(34-4)22(19)26)23(28-30(15)25(32)27-2)16-5-7-17(8-6-16)29-11-9-18(31)10-12-29/h5-8,14-15,18,31H,9-13H2,1-4H3,(H,27,32). The van der Waals surface area contributed by atoms with E-state index < -0.39 is 5.82 Å². The second-order valence-corrected chi connectivity index (χ2v) is 8.62.